The molecule has 1 aromatic heterocycles. The molecule has 0 bridgehead atoms. The van der Waals surface area contributed by atoms with Crippen LogP contribution in [0.15, 0.2) is 29.1 Å². The number of hydrogen-bond acceptors (Lipinski definition) is 4. The van der Waals surface area contributed by atoms with Crippen molar-refractivity contribution in [2.75, 3.05) is 6.54 Å². The van der Waals surface area contributed by atoms with Gasteiger partial charge in [0.15, 0.2) is 0 Å². The first-order valence-electron chi connectivity index (χ1n) is 7.37. The first kappa shape index (κ1) is 16.3. The van der Waals surface area contributed by atoms with Gasteiger partial charge in [0.1, 0.15) is 17.3 Å². The molecular formula is C16H15F2N3O3. The number of hydrogen-bond donors (Lipinski definition) is 2. The number of benzene rings is 1. The Morgan fingerprint density at radius 1 is 1.38 bits per heavy atom. The monoisotopic (exact) mass is 335 g/mol. The summed E-state index contributed by atoms with van der Waals surface area (Å²) in [5, 5.41) is 9.90. The predicted octanol–water partition coefficient (Wildman–Crippen LogP) is 1.30. The van der Waals surface area contributed by atoms with Gasteiger partial charge in [0.2, 0.25) is 0 Å². The maximum atomic E-state index is 14.1. The molecule has 1 saturated heterocycles. The Morgan fingerprint density at radius 2 is 2.12 bits per heavy atom. The summed E-state index contributed by atoms with van der Waals surface area (Å²) in [5.41, 5.74) is -0.341. The molecule has 2 N–H and O–H groups in total. The molecule has 1 aromatic carbocycles. The van der Waals surface area contributed by atoms with Crippen molar-refractivity contribution in [1.29, 1.82) is 0 Å². The van der Waals surface area contributed by atoms with Gasteiger partial charge in [-0.3, -0.25) is 4.79 Å². The van der Waals surface area contributed by atoms with Crippen LogP contribution in [0.25, 0.3) is 0 Å². The largest absolute Gasteiger partial charge is 0.391 e. The number of rotatable bonds is 2. The van der Waals surface area contributed by atoms with E-state index in [9.17, 15) is 23.5 Å². The van der Waals surface area contributed by atoms with Gasteiger partial charge >= 0.3 is 5.69 Å². The van der Waals surface area contributed by atoms with Gasteiger partial charge in [0.05, 0.1) is 12.1 Å². The Bertz CT molecular complexity index is 853. The number of nitrogens with zero attached hydrogens (tertiary/aromatic N) is 2. The molecule has 8 heteroatoms. The highest BCUT2D eigenvalue weighted by Crippen LogP contribution is 2.34. The second-order valence-electron chi connectivity index (χ2n) is 5.78. The average molecular weight is 335 g/mol. The van der Waals surface area contributed by atoms with Crippen molar-refractivity contribution in [2.45, 2.75) is 25.5 Å². The van der Waals surface area contributed by atoms with Crippen molar-refractivity contribution in [2.24, 2.45) is 0 Å². The van der Waals surface area contributed by atoms with Crippen molar-refractivity contribution in [3.63, 3.8) is 0 Å². The van der Waals surface area contributed by atoms with Crippen LogP contribution in [0.4, 0.5) is 8.78 Å². The van der Waals surface area contributed by atoms with E-state index in [2.05, 4.69) is 9.97 Å². The lowest BCUT2D eigenvalue weighted by Crippen LogP contribution is -2.34. The van der Waals surface area contributed by atoms with Crippen molar-refractivity contribution < 1.29 is 18.7 Å². The maximum absolute atomic E-state index is 14.1. The molecule has 1 aliphatic rings. The summed E-state index contributed by atoms with van der Waals surface area (Å²) in [7, 11) is 0. The Balaban J connectivity index is 2.00. The maximum Gasteiger partial charge on any atom is 0.345 e. The van der Waals surface area contributed by atoms with E-state index in [1.807, 2.05) is 0 Å². The van der Waals surface area contributed by atoms with E-state index in [-0.39, 0.29) is 24.2 Å². The smallest absolute Gasteiger partial charge is 0.345 e. The van der Waals surface area contributed by atoms with Gasteiger partial charge in [-0.05, 0) is 37.6 Å². The summed E-state index contributed by atoms with van der Waals surface area (Å²) < 4.78 is 27.5. The number of nitrogens with one attached hydrogen (secondary N) is 1. The Labute approximate surface area is 135 Å². The molecule has 2 heterocycles. The number of amides is 1. The first-order chi connectivity index (χ1) is 11.3. The second kappa shape index (κ2) is 6.12. The lowest BCUT2D eigenvalue weighted by Gasteiger charge is -2.24. The molecule has 24 heavy (non-hydrogen) atoms. The number of H-pyrrole nitrogens is 1. The van der Waals surface area contributed by atoms with E-state index >= 15 is 0 Å². The molecule has 0 saturated carbocycles. The van der Waals surface area contributed by atoms with Crippen LogP contribution in [-0.4, -0.2) is 38.5 Å². The number of carbonyl (C=O) groups is 1. The van der Waals surface area contributed by atoms with Crippen LogP contribution in [0, 0.1) is 18.6 Å². The number of aromatic amines is 1. The zero-order valence-electron chi connectivity index (χ0n) is 12.8. The molecule has 6 nitrogen and oxygen atoms in total. The minimum atomic E-state index is -0.871. The molecule has 0 aliphatic carbocycles. The summed E-state index contributed by atoms with van der Waals surface area (Å²) in [6, 6.07) is 3.54. The predicted molar refractivity (Wildman–Crippen MR) is 80.4 cm³/mol. The second-order valence-corrected chi connectivity index (χ2v) is 5.78. The van der Waals surface area contributed by atoms with E-state index in [0.717, 1.165) is 18.2 Å². The minimum absolute atomic E-state index is 0.0125. The van der Waals surface area contributed by atoms with Crippen molar-refractivity contribution in [1.82, 2.24) is 14.9 Å². The molecule has 2 atom stereocenters. The highest BCUT2D eigenvalue weighted by Gasteiger charge is 2.37. The van der Waals surface area contributed by atoms with Gasteiger partial charge < -0.3 is 15.0 Å². The van der Waals surface area contributed by atoms with Gasteiger partial charge in [0.25, 0.3) is 5.91 Å². The number of halogens is 2. The lowest BCUT2D eigenvalue weighted by atomic mass is 10.0. The van der Waals surface area contributed by atoms with E-state index in [1.54, 1.807) is 6.92 Å². The van der Waals surface area contributed by atoms with E-state index < -0.39 is 35.4 Å². The SMILES string of the molecule is Cc1cc(C(=O)N2C[C@H](O)C[C@@H]2c2cc(F)ccc2F)nc(=O)[nH]1. The van der Waals surface area contributed by atoms with E-state index in [4.69, 9.17) is 0 Å². The molecule has 1 fully saturated rings. The van der Waals surface area contributed by atoms with Crippen LogP contribution in [0.1, 0.15) is 34.2 Å². The fourth-order valence-corrected chi connectivity index (χ4v) is 2.94. The number of carbonyl (C=O) groups excluding carboxylic acids is 1. The molecule has 0 spiro atoms. The molecule has 0 radical (unpaired) electrons. The Hall–Kier alpha value is -2.61. The van der Waals surface area contributed by atoms with Crippen molar-refractivity contribution in [3.8, 4) is 0 Å². The normalized spacial score (nSPS) is 20.4. The van der Waals surface area contributed by atoms with Crippen molar-refractivity contribution in [3.05, 3.63) is 63.3 Å². The van der Waals surface area contributed by atoms with E-state index in [1.165, 1.54) is 11.0 Å². The lowest BCUT2D eigenvalue weighted by molar-refractivity contribution is 0.0707. The van der Waals surface area contributed by atoms with Crippen LogP contribution in [0.2, 0.25) is 0 Å². The third kappa shape index (κ3) is 3.05. The highest BCUT2D eigenvalue weighted by atomic mass is 19.1. The molecule has 1 amide bonds. The zero-order chi connectivity index (χ0) is 17.4. The molecule has 2 aromatic rings. The molecule has 1 aliphatic heterocycles. The fourth-order valence-electron chi connectivity index (χ4n) is 2.94. The molecule has 0 unspecified atom stereocenters. The summed E-state index contributed by atoms with van der Waals surface area (Å²) in [4.78, 5) is 31.4. The summed E-state index contributed by atoms with van der Waals surface area (Å²) in [5.74, 6) is -1.91. The van der Waals surface area contributed by atoms with Gasteiger partial charge in [-0.25, -0.2) is 13.6 Å². The van der Waals surface area contributed by atoms with Gasteiger partial charge in [-0.1, -0.05) is 0 Å². The fraction of sp³-hybridized carbons (Fsp3) is 0.312. The summed E-state index contributed by atoms with van der Waals surface area (Å²) in [6.45, 7) is 1.55. The van der Waals surface area contributed by atoms with Gasteiger partial charge in [-0.2, -0.15) is 4.98 Å². The zero-order valence-corrected chi connectivity index (χ0v) is 12.8. The Morgan fingerprint density at radius 3 is 2.83 bits per heavy atom. The molecular weight excluding hydrogens is 320 g/mol. The number of aliphatic hydroxyl groups excluding tert-OH is 1. The van der Waals surface area contributed by atoms with Crippen LogP contribution in [0.3, 0.4) is 0 Å². The Kier molecular flexibility index (Phi) is 4.15. The average Bonchev–Trinajstić information content (AvgIpc) is 2.89. The standard InChI is InChI=1S/C16H15F2N3O3/c1-8-4-13(20-16(24)19-8)15(23)21-7-10(22)6-14(21)11-5-9(17)2-3-12(11)18/h2-5,10,14,22H,6-7H2,1H3,(H,19,20,24)/t10-,14-/m1/s1. The minimum Gasteiger partial charge on any atom is -0.391 e. The van der Waals surface area contributed by atoms with E-state index in [0.29, 0.717) is 5.69 Å². The van der Waals surface area contributed by atoms with Crippen LogP contribution < -0.4 is 5.69 Å². The number of β-amino-alcohol motifs (C(OH)–C–C–N with tert-alkyl or cyclic N) is 1. The van der Waals surface area contributed by atoms with Gasteiger partial charge in [-0.15, -0.1) is 0 Å². The number of aryl methyl sites for hydroxylation is 1. The van der Waals surface area contributed by atoms with Crippen molar-refractivity contribution >= 4 is 5.91 Å². The first-order valence-corrected chi connectivity index (χ1v) is 7.37. The number of aromatic nitrogens is 2. The third-order valence-corrected chi connectivity index (χ3v) is 3.96. The van der Waals surface area contributed by atoms with Crippen LogP contribution in [-0.2, 0) is 0 Å². The number of aliphatic hydroxyl groups is 1. The van der Waals surface area contributed by atoms with Gasteiger partial charge in [0, 0.05) is 17.8 Å². The summed E-state index contributed by atoms with van der Waals surface area (Å²) >= 11 is 0. The summed E-state index contributed by atoms with van der Waals surface area (Å²) in [6.07, 6.45) is -0.793. The van der Waals surface area contributed by atoms with Crippen LogP contribution in [0.5, 0.6) is 0 Å². The molecule has 126 valence electrons. The highest BCUT2D eigenvalue weighted by molar-refractivity contribution is 5.92. The molecule has 3 rings (SSSR count). The quantitative estimate of drug-likeness (QED) is 0.866. The number of likely N-dealkylation sites (tertiary alicyclic amines) is 1. The topological polar surface area (TPSA) is 86.3 Å². The van der Waals surface area contributed by atoms with Crippen LogP contribution >= 0.6 is 0 Å². The third-order valence-electron chi connectivity index (χ3n) is 3.96.